The van der Waals surface area contributed by atoms with Crippen LogP contribution < -0.4 is 5.32 Å². The van der Waals surface area contributed by atoms with Gasteiger partial charge in [0.1, 0.15) is 0 Å². The summed E-state index contributed by atoms with van der Waals surface area (Å²) in [6.45, 7) is 4.36. The van der Waals surface area contributed by atoms with E-state index in [0.717, 1.165) is 19.6 Å². The van der Waals surface area contributed by atoms with Crippen molar-refractivity contribution >= 4 is 0 Å². The van der Waals surface area contributed by atoms with E-state index in [0.29, 0.717) is 6.10 Å². The number of rotatable bonds is 5. The number of ether oxygens (including phenoxy) is 1. The van der Waals surface area contributed by atoms with Gasteiger partial charge in [-0.1, -0.05) is 0 Å². The number of nitrogens with zero attached hydrogens (tertiary/aromatic N) is 1. The molecule has 1 saturated heterocycles. The molecule has 0 aromatic carbocycles. The highest BCUT2D eigenvalue weighted by molar-refractivity contribution is 4.69. The Kier molecular flexibility index (Phi) is 5.35. The Morgan fingerprint density at radius 3 is 2.69 bits per heavy atom. The third kappa shape index (κ3) is 4.60. The first-order chi connectivity index (χ1) is 6.33. The van der Waals surface area contributed by atoms with Gasteiger partial charge in [0, 0.05) is 19.7 Å². The number of hydrogen-bond donors (Lipinski definition) is 1. The van der Waals surface area contributed by atoms with E-state index in [2.05, 4.69) is 17.3 Å². The number of piperidine rings is 1. The Balaban J connectivity index is 1.96. The van der Waals surface area contributed by atoms with Gasteiger partial charge in [-0.15, -0.1) is 0 Å². The highest BCUT2D eigenvalue weighted by Gasteiger charge is 2.16. The van der Waals surface area contributed by atoms with Crippen LogP contribution in [0.1, 0.15) is 19.3 Å². The predicted octanol–water partition coefficient (Wildman–Crippen LogP) is 0.707. The molecule has 0 unspecified atom stereocenters. The lowest BCUT2D eigenvalue weighted by molar-refractivity contribution is 0.0117. The molecule has 0 radical (unpaired) electrons. The highest BCUT2D eigenvalue weighted by atomic mass is 16.5. The van der Waals surface area contributed by atoms with Crippen LogP contribution in [0.2, 0.25) is 0 Å². The highest BCUT2D eigenvalue weighted by Crippen LogP contribution is 2.11. The third-order valence-electron chi connectivity index (χ3n) is 2.59. The summed E-state index contributed by atoms with van der Waals surface area (Å²) in [6, 6.07) is 0. The standard InChI is InChI=1S/C10H22N2O/c1-11-6-3-9-13-10-4-7-12(2)8-5-10/h10-11H,3-9H2,1-2H3. The minimum absolute atomic E-state index is 0.521. The van der Waals surface area contributed by atoms with Crippen LogP contribution in [0.3, 0.4) is 0 Å². The van der Waals surface area contributed by atoms with Gasteiger partial charge in [0.15, 0.2) is 0 Å². The zero-order chi connectivity index (χ0) is 9.52. The topological polar surface area (TPSA) is 24.5 Å². The molecule has 1 rings (SSSR count). The van der Waals surface area contributed by atoms with Crippen molar-refractivity contribution < 1.29 is 4.74 Å². The van der Waals surface area contributed by atoms with E-state index in [1.165, 1.54) is 25.9 Å². The van der Waals surface area contributed by atoms with E-state index >= 15 is 0 Å². The summed E-state index contributed by atoms with van der Waals surface area (Å²) in [6.07, 6.45) is 4.06. The normalized spacial score (nSPS) is 20.8. The van der Waals surface area contributed by atoms with Crippen molar-refractivity contribution in [2.24, 2.45) is 0 Å². The molecule has 1 aliphatic heterocycles. The average Bonchev–Trinajstić information content (AvgIpc) is 2.15. The molecule has 1 heterocycles. The summed E-state index contributed by atoms with van der Waals surface area (Å²) in [7, 11) is 4.16. The van der Waals surface area contributed by atoms with Crippen LogP contribution in [0.4, 0.5) is 0 Å². The molecule has 0 spiro atoms. The van der Waals surface area contributed by atoms with Gasteiger partial charge in [0.05, 0.1) is 6.10 Å². The number of nitrogens with one attached hydrogen (secondary N) is 1. The molecule has 0 saturated carbocycles. The molecule has 0 amide bonds. The Hall–Kier alpha value is -0.120. The Morgan fingerprint density at radius 1 is 1.38 bits per heavy atom. The van der Waals surface area contributed by atoms with Gasteiger partial charge in [-0.2, -0.15) is 0 Å². The molecule has 13 heavy (non-hydrogen) atoms. The van der Waals surface area contributed by atoms with Gasteiger partial charge in [-0.05, 0) is 39.9 Å². The van der Waals surface area contributed by atoms with Gasteiger partial charge in [0.25, 0.3) is 0 Å². The molecule has 0 aromatic heterocycles. The zero-order valence-electron chi connectivity index (χ0n) is 8.88. The lowest BCUT2D eigenvalue weighted by Crippen LogP contribution is -2.34. The monoisotopic (exact) mass is 186 g/mol. The fraction of sp³-hybridized carbons (Fsp3) is 1.00. The fourth-order valence-electron chi connectivity index (χ4n) is 1.65. The van der Waals surface area contributed by atoms with Crippen LogP contribution in [-0.2, 0) is 4.74 Å². The molecule has 1 N–H and O–H groups in total. The van der Waals surface area contributed by atoms with Crippen LogP contribution >= 0.6 is 0 Å². The molecule has 3 nitrogen and oxygen atoms in total. The maximum atomic E-state index is 5.77. The molecule has 0 bridgehead atoms. The van der Waals surface area contributed by atoms with E-state index in [-0.39, 0.29) is 0 Å². The molecule has 0 atom stereocenters. The van der Waals surface area contributed by atoms with Crippen LogP contribution in [0, 0.1) is 0 Å². The maximum absolute atomic E-state index is 5.77. The molecular weight excluding hydrogens is 164 g/mol. The lowest BCUT2D eigenvalue weighted by atomic mass is 10.1. The van der Waals surface area contributed by atoms with Crippen LogP contribution in [0.25, 0.3) is 0 Å². The van der Waals surface area contributed by atoms with E-state index in [1.807, 2.05) is 7.05 Å². The first-order valence-electron chi connectivity index (χ1n) is 5.27. The van der Waals surface area contributed by atoms with Crippen molar-refractivity contribution in [2.75, 3.05) is 40.3 Å². The van der Waals surface area contributed by atoms with Crippen LogP contribution in [-0.4, -0.2) is 51.3 Å². The van der Waals surface area contributed by atoms with Gasteiger partial charge >= 0.3 is 0 Å². The van der Waals surface area contributed by atoms with E-state index in [4.69, 9.17) is 4.74 Å². The van der Waals surface area contributed by atoms with E-state index in [1.54, 1.807) is 0 Å². The second-order valence-corrected chi connectivity index (χ2v) is 3.83. The van der Waals surface area contributed by atoms with Crippen molar-refractivity contribution in [1.29, 1.82) is 0 Å². The molecule has 1 fully saturated rings. The quantitative estimate of drug-likeness (QED) is 0.640. The van der Waals surface area contributed by atoms with Crippen molar-refractivity contribution in [3.05, 3.63) is 0 Å². The molecule has 1 aliphatic rings. The first kappa shape index (κ1) is 11.0. The van der Waals surface area contributed by atoms with Gasteiger partial charge in [-0.25, -0.2) is 0 Å². The average molecular weight is 186 g/mol. The predicted molar refractivity (Wildman–Crippen MR) is 55.0 cm³/mol. The van der Waals surface area contributed by atoms with Crippen molar-refractivity contribution in [1.82, 2.24) is 10.2 Å². The number of likely N-dealkylation sites (tertiary alicyclic amines) is 1. The first-order valence-corrected chi connectivity index (χ1v) is 5.27. The summed E-state index contributed by atoms with van der Waals surface area (Å²) in [5.41, 5.74) is 0. The second-order valence-electron chi connectivity index (χ2n) is 3.83. The lowest BCUT2D eigenvalue weighted by Gasteiger charge is -2.28. The smallest absolute Gasteiger partial charge is 0.0599 e. The summed E-state index contributed by atoms with van der Waals surface area (Å²) in [4.78, 5) is 2.37. The summed E-state index contributed by atoms with van der Waals surface area (Å²) in [5, 5.41) is 3.12. The summed E-state index contributed by atoms with van der Waals surface area (Å²) < 4.78 is 5.77. The molecule has 0 aliphatic carbocycles. The Labute approximate surface area is 81.4 Å². The summed E-state index contributed by atoms with van der Waals surface area (Å²) >= 11 is 0. The molecule has 78 valence electrons. The molecular formula is C10H22N2O. The fourth-order valence-corrected chi connectivity index (χ4v) is 1.65. The summed E-state index contributed by atoms with van der Waals surface area (Å²) in [5.74, 6) is 0. The minimum atomic E-state index is 0.521. The molecule has 3 heteroatoms. The second kappa shape index (κ2) is 6.35. The van der Waals surface area contributed by atoms with Gasteiger partial charge < -0.3 is 15.0 Å². The van der Waals surface area contributed by atoms with Crippen LogP contribution in [0.15, 0.2) is 0 Å². The SMILES string of the molecule is CNCCCOC1CCN(C)CC1. The number of hydrogen-bond acceptors (Lipinski definition) is 3. The van der Waals surface area contributed by atoms with Crippen LogP contribution in [0.5, 0.6) is 0 Å². The Morgan fingerprint density at radius 2 is 2.08 bits per heavy atom. The molecule has 0 aromatic rings. The van der Waals surface area contributed by atoms with Gasteiger partial charge in [-0.3, -0.25) is 0 Å². The Bertz CT molecular complexity index is 122. The largest absolute Gasteiger partial charge is 0.378 e. The maximum Gasteiger partial charge on any atom is 0.0599 e. The van der Waals surface area contributed by atoms with Crippen molar-refractivity contribution in [3.63, 3.8) is 0 Å². The van der Waals surface area contributed by atoms with E-state index < -0.39 is 0 Å². The van der Waals surface area contributed by atoms with Crippen molar-refractivity contribution in [3.8, 4) is 0 Å². The minimum Gasteiger partial charge on any atom is -0.378 e. The zero-order valence-corrected chi connectivity index (χ0v) is 8.88. The third-order valence-corrected chi connectivity index (χ3v) is 2.59. The van der Waals surface area contributed by atoms with Gasteiger partial charge in [0.2, 0.25) is 0 Å². The van der Waals surface area contributed by atoms with E-state index in [9.17, 15) is 0 Å². The van der Waals surface area contributed by atoms with Crippen molar-refractivity contribution in [2.45, 2.75) is 25.4 Å².